The number of anilines is 6. The van der Waals surface area contributed by atoms with Crippen LogP contribution in [0.4, 0.5) is 48.3 Å². The van der Waals surface area contributed by atoms with Gasteiger partial charge in [-0.2, -0.15) is 23.1 Å². The first-order valence-electron chi connectivity index (χ1n) is 23.2. The summed E-state index contributed by atoms with van der Waals surface area (Å²) < 4.78 is 66.0. The average molecular weight is 1060 g/mol. The van der Waals surface area contributed by atoms with Crippen LogP contribution in [0.25, 0.3) is 11.3 Å². The van der Waals surface area contributed by atoms with Crippen molar-refractivity contribution in [3.8, 4) is 11.3 Å². The zero-order chi connectivity index (χ0) is 50.6. The number of aryl methyl sites for hydroxylation is 1. The number of nitrogens with zero attached hydrogens (tertiary/aromatic N) is 11. The van der Waals surface area contributed by atoms with Crippen molar-refractivity contribution in [1.29, 1.82) is 0 Å². The van der Waals surface area contributed by atoms with E-state index in [1.54, 1.807) is 29.2 Å². The van der Waals surface area contributed by atoms with E-state index in [2.05, 4.69) is 40.0 Å². The van der Waals surface area contributed by atoms with Crippen molar-refractivity contribution >= 4 is 81.8 Å². The van der Waals surface area contributed by atoms with E-state index in [1.807, 2.05) is 22.8 Å². The van der Waals surface area contributed by atoms with Crippen molar-refractivity contribution in [3.05, 3.63) is 92.8 Å². The molecule has 0 saturated carbocycles. The lowest BCUT2D eigenvalue weighted by atomic mass is 10.0. The fraction of sp³-hybridized carbons (Fsp3) is 0.447. The van der Waals surface area contributed by atoms with Gasteiger partial charge in [0.25, 0.3) is 11.8 Å². The Kier molecular flexibility index (Phi) is 18.1. The SMILES string of the molecule is Cc1ccc(NC(=O)c2cccc(C(F)(F)F)c2)cc1-c1cc(N2CCOCC2=O)nc(N2CCOCC2)n1.Clc1cc(Cl)nc(N2CCOCC2)n1.Clc1cc(N2CCOCC2)nc(N2CCOCC2)n1. The van der Waals surface area contributed by atoms with E-state index in [9.17, 15) is 22.8 Å². The standard InChI is InChI=1S/C27H26F3N5O4.C12H17ClN4O2.C8H9Cl2N3O/c1-17-5-6-20(31-25(37)18-3-2-4-19(13-18)27(28,29)30)14-21(17)22-15-23(35-9-12-39-16-24(35)36)33-26(32-22)34-7-10-38-11-8-34;13-10-9-11(16-1-5-18-6-2-16)15-12(14-10)17-3-7-19-8-4-17;9-6-5-7(10)12-8(11-6)13-1-3-14-4-2-13/h2-6,13-15H,7-12,16H2,1H3,(H,31,37);9H,1-8H2;5H,1-4H2. The highest BCUT2D eigenvalue weighted by molar-refractivity contribution is 6.33. The number of amides is 2. The minimum Gasteiger partial charge on any atom is -0.378 e. The molecule has 8 heterocycles. The molecule has 0 unspecified atom stereocenters. The fourth-order valence-corrected chi connectivity index (χ4v) is 8.50. The van der Waals surface area contributed by atoms with Gasteiger partial charge < -0.3 is 48.6 Å². The Morgan fingerprint density at radius 3 is 1.62 bits per heavy atom. The van der Waals surface area contributed by atoms with Gasteiger partial charge in [0.2, 0.25) is 17.8 Å². The van der Waals surface area contributed by atoms with E-state index >= 15 is 0 Å². The number of nitrogens with one attached hydrogen (secondary N) is 1. The quantitative estimate of drug-likeness (QED) is 0.170. The third kappa shape index (κ3) is 14.3. The average Bonchev–Trinajstić information content (AvgIpc) is 3.40. The van der Waals surface area contributed by atoms with Crippen LogP contribution in [0.1, 0.15) is 21.5 Å². The number of carbonyl (C=O) groups excluding carboxylic acids is 2. The smallest absolute Gasteiger partial charge is 0.378 e. The third-order valence-electron chi connectivity index (χ3n) is 11.7. The van der Waals surface area contributed by atoms with E-state index in [0.29, 0.717) is 122 Å². The molecule has 2 amide bonds. The Labute approximate surface area is 428 Å². The van der Waals surface area contributed by atoms with Crippen LogP contribution in [-0.2, 0) is 34.7 Å². The van der Waals surface area contributed by atoms with Crippen LogP contribution in [0.3, 0.4) is 0 Å². The van der Waals surface area contributed by atoms with E-state index in [0.717, 1.165) is 76.0 Å². The molecule has 5 saturated heterocycles. The maximum absolute atomic E-state index is 13.1. The summed E-state index contributed by atoms with van der Waals surface area (Å²) in [5.74, 6) is 2.15. The minimum atomic E-state index is -4.56. The van der Waals surface area contributed by atoms with E-state index in [-0.39, 0.29) is 18.1 Å². The zero-order valence-electron chi connectivity index (χ0n) is 39.3. The predicted molar refractivity (Wildman–Crippen MR) is 266 cm³/mol. The molecule has 5 fully saturated rings. The predicted octanol–water partition coefficient (Wildman–Crippen LogP) is 6.35. The van der Waals surface area contributed by atoms with Crippen LogP contribution in [0.15, 0.2) is 60.7 Å². The summed E-state index contributed by atoms with van der Waals surface area (Å²) in [7, 11) is 0. The monoisotopic (exact) mass is 1060 g/mol. The molecule has 0 aliphatic carbocycles. The topological polar surface area (TPSA) is 186 Å². The number of halogens is 6. The molecule has 0 radical (unpaired) electrons. The van der Waals surface area contributed by atoms with Crippen LogP contribution < -0.4 is 29.8 Å². The first-order valence-corrected chi connectivity index (χ1v) is 24.3. The number of ether oxygens (including phenoxy) is 5. The zero-order valence-corrected chi connectivity index (χ0v) is 41.5. The molecule has 2 aromatic carbocycles. The second-order valence-electron chi connectivity index (χ2n) is 16.6. The molecule has 19 nitrogen and oxygen atoms in total. The number of aromatic nitrogens is 6. The highest BCUT2D eigenvalue weighted by Gasteiger charge is 2.31. The summed E-state index contributed by atoms with van der Waals surface area (Å²) in [6, 6.07) is 14.5. The molecule has 0 bridgehead atoms. The Morgan fingerprint density at radius 1 is 0.569 bits per heavy atom. The van der Waals surface area contributed by atoms with Crippen LogP contribution in [0, 0.1) is 6.92 Å². The van der Waals surface area contributed by atoms with Gasteiger partial charge >= 0.3 is 6.18 Å². The lowest BCUT2D eigenvalue weighted by Crippen LogP contribution is -2.43. The largest absolute Gasteiger partial charge is 0.416 e. The van der Waals surface area contributed by atoms with Crippen LogP contribution >= 0.6 is 34.8 Å². The molecule has 384 valence electrons. The second kappa shape index (κ2) is 24.8. The molecular weight excluding hydrogens is 1010 g/mol. The normalized spacial score (nSPS) is 17.7. The number of hydrogen-bond acceptors (Lipinski definition) is 17. The second-order valence-corrected chi connectivity index (χ2v) is 17.8. The van der Waals surface area contributed by atoms with Crippen molar-refractivity contribution in [2.75, 3.05) is 155 Å². The number of alkyl halides is 3. The molecule has 5 aliphatic heterocycles. The molecule has 0 atom stereocenters. The summed E-state index contributed by atoms with van der Waals surface area (Å²) in [6.45, 7) is 13.9. The van der Waals surface area contributed by atoms with Crippen molar-refractivity contribution in [1.82, 2.24) is 29.9 Å². The number of carbonyl (C=O) groups is 2. The van der Waals surface area contributed by atoms with Crippen LogP contribution in [0.5, 0.6) is 0 Å². The first-order chi connectivity index (χ1) is 34.8. The van der Waals surface area contributed by atoms with Gasteiger partial charge in [0.1, 0.15) is 33.7 Å². The molecular formula is C47H52Cl3F3N12O7. The Hall–Kier alpha value is -5.72. The number of benzene rings is 2. The molecule has 10 rings (SSSR count). The highest BCUT2D eigenvalue weighted by atomic mass is 35.5. The van der Waals surface area contributed by atoms with Crippen molar-refractivity contribution < 1.29 is 46.4 Å². The van der Waals surface area contributed by atoms with Gasteiger partial charge in [-0.1, -0.05) is 46.9 Å². The number of morpholine rings is 5. The summed E-state index contributed by atoms with van der Waals surface area (Å²) in [5, 5.41) is 3.90. The van der Waals surface area contributed by atoms with Crippen molar-refractivity contribution in [2.24, 2.45) is 0 Å². The van der Waals surface area contributed by atoms with Gasteiger partial charge in [-0.05, 0) is 42.8 Å². The van der Waals surface area contributed by atoms with Gasteiger partial charge in [0.15, 0.2) is 0 Å². The van der Waals surface area contributed by atoms with Crippen molar-refractivity contribution in [2.45, 2.75) is 13.1 Å². The van der Waals surface area contributed by atoms with Crippen molar-refractivity contribution in [3.63, 3.8) is 0 Å². The Morgan fingerprint density at radius 2 is 1.07 bits per heavy atom. The first kappa shape index (κ1) is 52.6. The third-order valence-corrected chi connectivity index (χ3v) is 12.3. The minimum absolute atomic E-state index is 0.0394. The summed E-state index contributed by atoms with van der Waals surface area (Å²) in [6.07, 6.45) is -4.56. The van der Waals surface area contributed by atoms with Gasteiger partial charge in [0.05, 0.1) is 77.3 Å². The van der Waals surface area contributed by atoms with Crippen LogP contribution in [0.2, 0.25) is 15.5 Å². The summed E-state index contributed by atoms with van der Waals surface area (Å²) >= 11 is 17.7. The molecule has 5 aliphatic rings. The lowest BCUT2D eigenvalue weighted by molar-refractivity contribution is -0.137. The van der Waals surface area contributed by atoms with E-state index in [1.165, 1.54) is 18.2 Å². The van der Waals surface area contributed by atoms with Gasteiger partial charge in [0, 0.05) is 87.4 Å². The van der Waals surface area contributed by atoms with E-state index in [4.69, 9.17) is 63.5 Å². The molecule has 5 aromatic rings. The number of hydrogen-bond donors (Lipinski definition) is 1. The fourth-order valence-electron chi connectivity index (χ4n) is 7.92. The number of rotatable bonds is 8. The summed E-state index contributed by atoms with van der Waals surface area (Å²) in [5.41, 5.74) is 1.42. The highest BCUT2D eigenvalue weighted by Crippen LogP contribution is 2.32. The molecule has 1 N–H and O–H groups in total. The van der Waals surface area contributed by atoms with Gasteiger partial charge in [-0.3, -0.25) is 14.5 Å². The van der Waals surface area contributed by atoms with Gasteiger partial charge in [-0.15, -0.1) is 0 Å². The lowest BCUT2D eigenvalue weighted by Gasteiger charge is -2.30. The van der Waals surface area contributed by atoms with Gasteiger partial charge in [-0.25, -0.2) is 19.9 Å². The maximum Gasteiger partial charge on any atom is 0.416 e. The maximum atomic E-state index is 13.1. The molecule has 0 spiro atoms. The summed E-state index contributed by atoms with van der Waals surface area (Å²) in [4.78, 5) is 61.8. The Balaban J connectivity index is 0.000000172. The molecule has 25 heteroatoms. The molecule has 72 heavy (non-hydrogen) atoms. The molecule has 3 aromatic heterocycles. The van der Waals surface area contributed by atoms with Crippen LogP contribution in [-0.4, -0.2) is 167 Å². The van der Waals surface area contributed by atoms with E-state index < -0.39 is 17.6 Å². The Bertz CT molecular complexity index is 2600.